The molecule has 1 aromatic rings. The number of nitrogens with one attached hydrogen (secondary N) is 1. The van der Waals surface area contributed by atoms with Crippen molar-refractivity contribution in [2.24, 2.45) is 0 Å². The summed E-state index contributed by atoms with van der Waals surface area (Å²) in [4.78, 5) is 12.2. The fraction of sp³-hybridized carbons (Fsp3) is 0.588. The van der Waals surface area contributed by atoms with Gasteiger partial charge in [0.1, 0.15) is 5.75 Å². The Morgan fingerprint density at radius 2 is 1.76 bits per heavy atom. The summed E-state index contributed by atoms with van der Waals surface area (Å²) in [5.41, 5.74) is -1.18. The van der Waals surface area contributed by atoms with E-state index in [9.17, 15) is 9.90 Å². The van der Waals surface area contributed by atoms with E-state index in [4.69, 9.17) is 4.74 Å². The van der Waals surface area contributed by atoms with Crippen LogP contribution in [0.2, 0.25) is 0 Å². The fourth-order valence-electron chi connectivity index (χ4n) is 1.55. The van der Waals surface area contributed by atoms with Gasteiger partial charge in [0.05, 0.1) is 17.7 Å². The van der Waals surface area contributed by atoms with E-state index in [0.717, 1.165) is 18.6 Å². The van der Waals surface area contributed by atoms with E-state index in [2.05, 4.69) is 12.2 Å². The number of carbonyl (C=O) groups excluding carboxylic acids is 1. The lowest BCUT2D eigenvalue weighted by Gasteiger charge is -2.38. The molecular formula is C17H27NO3. The van der Waals surface area contributed by atoms with Crippen molar-refractivity contribution in [2.45, 2.75) is 58.6 Å². The minimum absolute atomic E-state index is 0.206. The smallest absolute Gasteiger partial charge is 0.251 e. The van der Waals surface area contributed by atoms with Gasteiger partial charge in [-0.1, -0.05) is 13.3 Å². The molecule has 1 aromatic carbocycles. The van der Waals surface area contributed by atoms with Gasteiger partial charge in [0, 0.05) is 5.56 Å². The van der Waals surface area contributed by atoms with Crippen LogP contribution in [-0.2, 0) is 0 Å². The summed E-state index contributed by atoms with van der Waals surface area (Å²) in [6.45, 7) is 9.76. The molecule has 0 aliphatic carbocycles. The zero-order valence-electron chi connectivity index (χ0n) is 13.7. The SMILES string of the molecule is CCCCOc1ccc(C(=O)NC(C)(C)C(C)(C)O)cc1. The topological polar surface area (TPSA) is 58.6 Å². The highest BCUT2D eigenvalue weighted by atomic mass is 16.5. The van der Waals surface area contributed by atoms with E-state index in [1.165, 1.54) is 0 Å². The highest BCUT2D eigenvalue weighted by Gasteiger charge is 2.36. The van der Waals surface area contributed by atoms with Gasteiger partial charge in [-0.3, -0.25) is 4.79 Å². The molecule has 1 amide bonds. The second-order valence-corrected chi connectivity index (χ2v) is 6.36. The van der Waals surface area contributed by atoms with Crippen LogP contribution in [0, 0.1) is 0 Å². The van der Waals surface area contributed by atoms with Gasteiger partial charge in [-0.05, 0) is 58.4 Å². The van der Waals surface area contributed by atoms with Gasteiger partial charge in [0.15, 0.2) is 0 Å². The van der Waals surface area contributed by atoms with Crippen LogP contribution < -0.4 is 10.1 Å². The lowest BCUT2D eigenvalue weighted by molar-refractivity contribution is -0.00292. The largest absolute Gasteiger partial charge is 0.494 e. The summed E-state index contributed by atoms with van der Waals surface area (Å²) in [5.74, 6) is 0.559. The Bertz CT molecular complexity index is 458. The maximum atomic E-state index is 12.2. The quantitative estimate of drug-likeness (QED) is 0.759. The Labute approximate surface area is 127 Å². The summed E-state index contributed by atoms with van der Waals surface area (Å²) in [6.07, 6.45) is 2.11. The summed E-state index contributed by atoms with van der Waals surface area (Å²) >= 11 is 0. The maximum Gasteiger partial charge on any atom is 0.251 e. The molecule has 0 spiro atoms. The lowest BCUT2D eigenvalue weighted by Crippen LogP contribution is -2.57. The Kier molecular flexibility index (Phi) is 5.78. The highest BCUT2D eigenvalue weighted by Crippen LogP contribution is 2.21. The molecule has 1 rings (SSSR count). The van der Waals surface area contributed by atoms with Crippen molar-refractivity contribution in [3.63, 3.8) is 0 Å². The van der Waals surface area contributed by atoms with Crippen LogP contribution in [0.1, 0.15) is 57.8 Å². The Hall–Kier alpha value is -1.55. The molecule has 0 heterocycles. The van der Waals surface area contributed by atoms with Crippen LogP contribution in [0.25, 0.3) is 0 Å². The van der Waals surface area contributed by atoms with Gasteiger partial charge < -0.3 is 15.2 Å². The highest BCUT2D eigenvalue weighted by molar-refractivity contribution is 5.94. The minimum Gasteiger partial charge on any atom is -0.494 e. The summed E-state index contributed by atoms with van der Waals surface area (Å²) in [5, 5.41) is 12.9. The minimum atomic E-state index is -1.01. The Balaban J connectivity index is 2.67. The number of hydrogen-bond donors (Lipinski definition) is 2. The molecule has 4 heteroatoms. The second-order valence-electron chi connectivity index (χ2n) is 6.36. The van der Waals surface area contributed by atoms with Gasteiger partial charge in [-0.15, -0.1) is 0 Å². The van der Waals surface area contributed by atoms with Crippen LogP contribution in [0.3, 0.4) is 0 Å². The first kappa shape index (κ1) is 17.5. The number of unbranched alkanes of at least 4 members (excludes halogenated alkanes) is 1. The van der Waals surface area contributed by atoms with Crippen LogP contribution in [0.5, 0.6) is 5.75 Å². The van der Waals surface area contributed by atoms with Crippen LogP contribution in [-0.4, -0.2) is 28.8 Å². The number of hydrogen-bond acceptors (Lipinski definition) is 3. The van der Waals surface area contributed by atoms with E-state index >= 15 is 0 Å². The number of rotatable bonds is 7. The predicted molar refractivity (Wildman–Crippen MR) is 84.7 cm³/mol. The molecule has 0 atom stereocenters. The van der Waals surface area contributed by atoms with Crippen molar-refractivity contribution in [1.82, 2.24) is 5.32 Å². The maximum absolute atomic E-state index is 12.2. The second kappa shape index (κ2) is 6.94. The normalized spacial score (nSPS) is 12.1. The lowest BCUT2D eigenvalue weighted by atomic mass is 9.86. The molecule has 4 nitrogen and oxygen atoms in total. The predicted octanol–water partition coefficient (Wildman–Crippen LogP) is 3.14. The van der Waals surface area contributed by atoms with E-state index in [-0.39, 0.29) is 5.91 Å². The number of benzene rings is 1. The van der Waals surface area contributed by atoms with E-state index in [0.29, 0.717) is 12.2 Å². The molecule has 2 N–H and O–H groups in total. The Morgan fingerprint density at radius 1 is 1.19 bits per heavy atom. The van der Waals surface area contributed by atoms with Gasteiger partial charge in [-0.2, -0.15) is 0 Å². The molecule has 0 saturated heterocycles. The third kappa shape index (κ3) is 5.05. The van der Waals surface area contributed by atoms with Gasteiger partial charge in [0.25, 0.3) is 5.91 Å². The van der Waals surface area contributed by atoms with Crippen molar-refractivity contribution in [3.05, 3.63) is 29.8 Å². The van der Waals surface area contributed by atoms with Gasteiger partial charge >= 0.3 is 0 Å². The average molecular weight is 293 g/mol. The first-order valence-corrected chi connectivity index (χ1v) is 7.45. The molecular weight excluding hydrogens is 266 g/mol. The number of aliphatic hydroxyl groups is 1. The molecule has 0 aliphatic heterocycles. The standard InChI is InChI=1S/C17H27NO3/c1-6-7-12-21-14-10-8-13(9-11-14)15(19)18-16(2,3)17(4,5)20/h8-11,20H,6-7,12H2,1-5H3,(H,18,19). The van der Waals surface area contributed by atoms with Crippen LogP contribution in [0.4, 0.5) is 0 Å². The molecule has 0 aliphatic rings. The first-order valence-electron chi connectivity index (χ1n) is 7.45. The Morgan fingerprint density at radius 3 is 2.24 bits per heavy atom. The van der Waals surface area contributed by atoms with Crippen LogP contribution in [0.15, 0.2) is 24.3 Å². The van der Waals surface area contributed by atoms with Crippen molar-refractivity contribution in [2.75, 3.05) is 6.61 Å². The van der Waals surface area contributed by atoms with E-state index < -0.39 is 11.1 Å². The third-order valence-corrected chi connectivity index (χ3v) is 3.84. The van der Waals surface area contributed by atoms with Gasteiger partial charge in [-0.25, -0.2) is 0 Å². The average Bonchev–Trinajstić information content (AvgIpc) is 2.38. The van der Waals surface area contributed by atoms with E-state index in [1.807, 2.05) is 0 Å². The molecule has 0 bridgehead atoms. The number of carbonyl (C=O) groups is 1. The van der Waals surface area contributed by atoms with Crippen molar-refractivity contribution < 1.29 is 14.6 Å². The molecule has 118 valence electrons. The first-order chi connectivity index (χ1) is 9.67. The summed E-state index contributed by atoms with van der Waals surface area (Å²) in [6, 6.07) is 7.05. The van der Waals surface area contributed by atoms with Crippen molar-refractivity contribution >= 4 is 5.91 Å². The monoisotopic (exact) mass is 293 g/mol. The molecule has 0 aromatic heterocycles. The summed E-state index contributed by atoms with van der Waals surface area (Å²) in [7, 11) is 0. The number of ether oxygens (including phenoxy) is 1. The number of amides is 1. The molecule has 21 heavy (non-hydrogen) atoms. The van der Waals surface area contributed by atoms with Crippen molar-refractivity contribution in [1.29, 1.82) is 0 Å². The molecule has 0 fully saturated rings. The fourth-order valence-corrected chi connectivity index (χ4v) is 1.55. The molecule has 0 unspecified atom stereocenters. The zero-order chi connectivity index (χ0) is 16.1. The van der Waals surface area contributed by atoms with Gasteiger partial charge in [0.2, 0.25) is 0 Å². The summed E-state index contributed by atoms with van der Waals surface area (Å²) < 4.78 is 5.56. The third-order valence-electron chi connectivity index (χ3n) is 3.84. The molecule has 0 radical (unpaired) electrons. The van der Waals surface area contributed by atoms with Crippen molar-refractivity contribution in [3.8, 4) is 5.75 Å². The van der Waals surface area contributed by atoms with Crippen LogP contribution >= 0.6 is 0 Å². The molecule has 0 saturated carbocycles. The zero-order valence-corrected chi connectivity index (χ0v) is 13.7. The van der Waals surface area contributed by atoms with E-state index in [1.54, 1.807) is 52.0 Å².